The van der Waals surface area contributed by atoms with Crippen LogP contribution >= 0.6 is 0 Å². The van der Waals surface area contributed by atoms with Gasteiger partial charge < -0.3 is 15.2 Å². The summed E-state index contributed by atoms with van der Waals surface area (Å²) >= 11 is 0. The molecule has 1 saturated heterocycles. The Kier molecular flexibility index (Phi) is 5.03. The molecule has 1 aliphatic rings. The van der Waals surface area contributed by atoms with Gasteiger partial charge >= 0.3 is 0 Å². The highest BCUT2D eigenvalue weighted by atomic mass is 16.4. The molecule has 0 spiro atoms. The van der Waals surface area contributed by atoms with Gasteiger partial charge in [-0.2, -0.15) is 0 Å². The van der Waals surface area contributed by atoms with E-state index in [2.05, 4.69) is 5.32 Å². The molecular weight excluding hydrogens is 348 g/mol. The number of carboxylic acids is 1. The number of amides is 2. The van der Waals surface area contributed by atoms with E-state index in [1.54, 1.807) is 48.5 Å². The van der Waals surface area contributed by atoms with Crippen molar-refractivity contribution in [3.63, 3.8) is 0 Å². The summed E-state index contributed by atoms with van der Waals surface area (Å²) in [6.45, 7) is 1.44. The molecule has 2 amide bonds. The maximum atomic E-state index is 12.6. The topological polar surface area (TPSA) is 107 Å². The van der Waals surface area contributed by atoms with Crippen LogP contribution in [0, 0.1) is 0 Å². The summed E-state index contributed by atoms with van der Waals surface area (Å²) in [6.07, 6.45) is -0.181. The van der Waals surface area contributed by atoms with E-state index >= 15 is 0 Å². The number of nitrogens with zero attached hydrogens (tertiary/aromatic N) is 1. The molecule has 3 rings (SSSR count). The minimum atomic E-state index is -1.17. The number of carboxylic acid groups (broad SMARTS) is 1. The Morgan fingerprint density at radius 1 is 1.07 bits per heavy atom. The van der Waals surface area contributed by atoms with E-state index in [9.17, 15) is 24.3 Å². The minimum Gasteiger partial charge on any atom is -0.550 e. The van der Waals surface area contributed by atoms with Crippen molar-refractivity contribution in [2.24, 2.45) is 0 Å². The van der Waals surface area contributed by atoms with Gasteiger partial charge in [0.25, 0.3) is 5.91 Å². The molecule has 1 heterocycles. The van der Waals surface area contributed by atoms with E-state index in [4.69, 9.17) is 0 Å². The molecular formula is C20H17N2O5-. The van der Waals surface area contributed by atoms with E-state index in [0.29, 0.717) is 22.5 Å². The number of benzene rings is 2. The summed E-state index contributed by atoms with van der Waals surface area (Å²) in [4.78, 5) is 48.0. The first-order valence-electron chi connectivity index (χ1n) is 8.38. The van der Waals surface area contributed by atoms with Crippen LogP contribution in [-0.2, 0) is 20.8 Å². The summed E-state index contributed by atoms with van der Waals surface area (Å²) in [5.74, 6) is -1.97. The van der Waals surface area contributed by atoms with Crippen molar-refractivity contribution in [1.29, 1.82) is 0 Å². The Morgan fingerprint density at radius 3 is 2.26 bits per heavy atom. The van der Waals surface area contributed by atoms with Crippen LogP contribution < -0.4 is 15.3 Å². The van der Waals surface area contributed by atoms with Crippen molar-refractivity contribution in [1.82, 2.24) is 0 Å². The molecule has 0 aliphatic carbocycles. The third-order valence-electron chi connectivity index (χ3n) is 4.32. The number of anilines is 2. The normalized spacial score (nSPS) is 16.5. The van der Waals surface area contributed by atoms with Crippen LogP contribution in [0.5, 0.6) is 0 Å². The molecule has 2 aromatic rings. The van der Waals surface area contributed by atoms with E-state index < -0.39 is 12.0 Å². The van der Waals surface area contributed by atoms with Crippen LogP contribution in [0.3, 0.4) is 0 Å². The van der Waals surface area contributed by atoms with Gasteiger partial charge in [-0.25, -0.2) is 4.90 Å². The van der Waals surface area contributed by atoms with Crippen LogP contribution in [0.25, 0.3) is 0 Å². The summed E-state index contributed by atoms with van der Waals surface area (Å²) in [5, 5.41) is 13.6. The van der Waals surface area contributed by atoms with Gasteiger partial charge in [0.05, 0.1) is 12.1 Å². The average molecular weight is 365 g/mol. The molecule has 7 heteroatoms. The lowest BCUT2D eigenvalue weighted by Gasteiger charge is -2.16. The van der Waals surface area contributed by atoms with Gasteiger partial charge in [-0.3, -0.25) is 14.4 Å². The molecule has 0 bridgehead atoms. The average Bonchev–Trinajstić information content (AvgIpc) is 2.90. The van der Waals surface area contributed by atoms with Crippen LogP contribution in [0.4, 0.5) is 11.4 Å². The van der Waals surface area contributed by atoms with Gasteiger partial charge in [-0.1, -0.05) is 12.1 Å². The maximum Gasteiger partial charge on any atom is 0.256 e. The zero-order valence-corrected chi connectivity index (χ0v) is 14.6. The molecule has 0 unspecified atom stereocenters. The SMILES string of the molecule is CC(=O)c1ccc(N2C(=O)C[C@@H](Nc3ccc(CC(=O)[O-])cc3)C2=O)cc1. The Bertz CT molecular complexity index is 903. The van der Waals surface area contributed by atoms with Gasteiger partial charge in [0.15, 0.2) is 5.78 Å². The lowest BCUT2D eigenvalue weighted by Crippen LogP contribution is -2.34. The third-order valence-corrected chi connectivity index (χ3v) is 4.32. The number of carbonyl (C=O) groups is 4. The molecule has 1 atom stereocenters. The number of carbonyl (C=O) groups excluding carboxylic acids is 4. The zero-order valence-electron chi connectivity index (χ0n) is 14.6. The van der Waals surface area contributed by atoms with Crippen LogP contribution in [-0.4, -0.2) is 29.6 Å². The number of rotatable bonds is 6. The molecule has 2 aromatic carbocycles. The van der Waals surface area contributed by atoms with Crippen molar-refractivity contribution in [3.05, 3.63) is 59.7 Å². The first-order chi connectivity index (χ1) is 12.8. The first-order valence-corrected chi connectivity index (χ1v) is 8.38. The number of Topliss-reactive ketones (excluding diaryl/α,β-unsaturated/α-hetero) is 1. The smallest absolute Gasteiger partial charge is 0.256 e. The second-order valence-electron chi connectivity index (χ2n) is 6.32. The van der Waals surface area contributed by atoms with Crippen molar-refractivity contribution < 1.29 is 24.3 Å². The van der Waals surface area contributed by atoms with Gasteiger partial charge in [0.1, 0.15) is 6.04 Å². The van der Waals surface area contributed by atoms with Crippen molar-refractivity contribution in [2.75, 3.05) is 10.2 Å². The fourth-order valence-electron chi connectivity index (χ4n) is 2.95. The third kappa shape index (κ3) is 4.03. The van der Waals surface area contributed by atoms with Gasteiger partial charge in [0.2, 0.25) is 5.91 Å². The van der Waals surface area contributed by atoms with Gasteiger partial charge in [-0.05, 0) is 48.9 Å². The zero-order chi connectivity index (χ0) is 19.6. The Labute approximate surface area is 155 Å². The molecule has 0 saturated carbocycles. The molecule has 1 fully saturated rings. The van der Waals surface area contributed by atoms with Crippen molar-refractivity contribution >= 4 is 34.9 Å². The minimum absolute atomic E-state index is 0.00803. The predicted octanol–water partition coefficient (Wildman–Crippen LogP) is 0.926. The number of hydrogen-bond acceptors (Lipinski definition) is 6. The number of nitrogens with one attached hydrogen (secondary N) is 1. The Morgan fingerprint density at radius 2 is 1.70 bits per heavy atom. The molecule has 7 nitrogen and oxygen atoms in total. The molecule has 1 aliphatic heterocycles. The maximum absolute atomic E-state index is 12.6. The van der Waals surface area contributed by atoms with Crippen LogP contribution in [0.2, 0.25) is 0 Å². The Hall–Kier alpha value is -3.48. The van der Waals surface area contributed by atoms with E-state index in [-0.39, 0.29) is 30.4 Å². The lowest BCUT2D eigenvalue weighted by atomic mass is 10.1. The van der Waals surface area contributed by atoms with Gasteiger partial charge in [0, 0.05) is 23.6 Å². The van der Waals surface area contributed by atoms with Crippen LogP contribution in [0.1, 0.15) is 29.3 Å². The molecule has 138 valence electrons. The Balaban J connectivity index is 1.72. The predicted molar refractivity (Wildman–Crippen MR) is 96.1 cm³/mol. The van der Waals surface area contributed by atoms with E-state index in [1.807, 2.05) is 0 Å². The number of aliphatic carboxylic acids is 1. The monoisotopic (exact) mass is 365 g/mol. The van der Waals surface area contributed by atoms with Crippen molar-refractivity contribution in [2.45, 2.75) is 25.8 Å². The second kappa shape index (κ2) is 7.41. The first kappa shape index (κ1) is 18.3. The number of hydrogen-bond donors (Lipinski definition) is 1. The highest BCUT2D eigenvalue weighted by Crippen LogP contribution is 2.25. The van der Waals surface area contributed by atoms with E-state index in [0.717, 1.165) is 4.90 Å². The summed E-state index contributed by atoms with van der Waals surface area (Å²) < 4.78 is 0. The van der Waals surface area contributed by atoms with Crippen molar-refractivity contribution in [3.8, 4) is 0 Å². The highest BCUT2D eigenvalue weighted by Gasteiger charge is 2.39. The lowest BCUT2D eigenvalue weighted by molar-refractivity contribution is -0.304. The summed E-state index contributed by atoms with van der Waals surface area (Å²) in [5.41, 5.74) is 2.12. The van der Waals surface area contributed by atoms with Crippen LogP contribution in [0.15, 0.2) is 48.5 Å². The fourth-order valence-corrected chi connectivity index (χ4v) is 2.95. The molecule has 27 heavy (non-hydrogen) atoms. The molecule has 0 radical (unpaired) electrons. The standard InChI is InChI=1S/C20H18N2O5/c1-12(23)14-4-8-16(9-5-14)22-18(24)11-17(20(22)27)21-15-6-2-13(3-7-15)10-19(25)26/h2-9,17,21H,10-11H2,1H3,(H,25,26)/p-1/t17-/m1/s1. The largest absolute Gasteiger partial charge is 0.550 e. The molecule has 0 aromatic heterocycles. The summed E-state index contributed by atoms with van der Waals surface area (Å²) in [7, 11) is 0. The fraction of sp³-hybridized carbons (Fsp3) is 0.200. The quantitative estimate of drug-likeness (QED) is 0.603. The molecule has 1 N–H and O–H groups in total. The van der Waals surface area contributed by atoms with Gasteiger partial charge in [-0.15, -0.1) is 0 Å². The highest BCUT2D eigenvalue weighted by molar-refractivity contribution is 6.23. The number of imide groups is 1. The second-order valence-corrected chi connectivity index (χ2v) is 6.32. The number of ketones is 1. The summed E-state index contributed by atoms with van der Waals surface area (Å²) in [6, 6.07) is 12.1. The van der Waals surface area contributed by atoms with E-state index in [1.165, 1.54) is 6.92 Å².